The van der Waals surface area contributed by atoms with E-state index in [1.165, 1.54) is 13.0 Å². The van der Waals surface area contributed by atoms with Crippen LogP contribution in [0.2, 0.25) is 0 Å². The molecule has 0 bridgehead atoms. The SMILES string of the molecule is Cc1cc2c(cc1OS(=O)(=O)C(F)(F)F)C(C)(C)C(O)O2. The largest absolute Gasteiger partial charge is 0.534 e. The number of ether oxygens (including phenoxy) is 1. The molecule has 0 radical (unpaired) electrons. The molecule has 0 spiro atoms. The number of aliphatic hydroxyl groups excluding tert-OH is 1. The Balaban J connectivity index is 2.48. The number of fused-ring (bicyclic) bond motifs is 1. The normalized spacial score (nSPS) is 20.8. The molecule has 0 amide bonds. The number of aryl methyl sites for hydroxylation is 1. The van der Waals surface area contributed by atoms with Crippen molar-refractivity contribution in [2.24, 2.45) is 0 Å². The summed E-state index contributed by atoms with van der Waals surface area (Å²) in [5, 5.41) is 9.76. The van der Waals surface area contributed by atoms with E-state index in [9.17, 15) is 26.7 Å². The minimum atomic E-state index is -5.74. The number of alkyl halides is 3. The number of rotatable bonds is 2. The van der Waals surface area contributed by atoms with Crippen molar-refractivity contribution in [1.29, 1.82) is 0 Å². The van der Waals surface area contributed by atoms with Crippen molar-refractivity contribution < 1.29 is 35.6 Å². The van der Waals surface area contributed by atoms with Gasteiger partial charge in [0, 0.05) is 5.56 Å². The van der Waals surface area contributed by atoms with Gasteiger partial charge in [-0.1, -0.05) is 0 Å². The topological polar surface area (TPSA) is 72.8 Å². The van der Waals surface area contributed by atoms with Crippen molar-refractivity contribution in [3.63, 3.8) is 0 Å². The van der Waals surface area contributed by atoms with E-state index < -0.39 is 33.1 Å². The number of hydrogen-bond acceptors (Lipinski definition) is 5. The summed E-state index contributed by atoms with van der Waals surface area (Å²) >= 11 is 0. The van der Waals surface area contributed by atoms with E-state index in [4.69, 9.17) is 4.74 Å². The van der Waals surface area contributed by atoms with Crippen molar-refractivity contribution in [1.82, 2.24) is 0 Å². The average Bonchev–Trinajstić information content (AvgIpc) is 2.49. The summed E-state index contributed by atoms with van der Waals surface area (Å²) < 4.78 is 68.6. The zero-order chi connectivity index (χ0) is 16.2. The van der Waals surface area contributed by atoms with Crippen molar-refractivity contribution in [2.45, 2.75) is 38.0 Å². The molecule has 1 unspecified atom stereocenters. The molecule has 1 atom stereocenters. The molecular formula is C12H13F3O5S. The van der Waals surface area contributed by atoms with Gasteiger partial charge in [0.2, 0.25) is 6.29 Å². The van der Waals surface area contributed by atoms with Crippen LogP contribution in [0.1, 0.15) is 25.0 Å². The van der Waals surface area contributed by atoms with Gasteiger partial charge in [0.15, 0.2) is 0 Å². The lowest BCUT2D eigenvalue weighted by Gasteiger charge is -2.21. The van der Waals surface area contributed by atoms with Gasteiger partial charge in [0.05, 0.1) is 5.41 Å². The first-order chi connectivity index (χ1) is 9.36. The summed E-state index contributed by atoms with van der Waals surface area (Å²) in [6.45, 7) is 4.60. The summed E-state index contributed by atoms with van der Waals surface area (Å²) in [6.07, 6.45) is -1.18. The first kappa shape index (κ1) is 15.9. The van der Waals surface area contributed by atoms with Crippen molar-refractivity contribution in [3.8, 4) is 11.5 Å². The number of halogens is 3. The highest BCUT2D eigenvalue weighted by Crippen LogP contribution is 2.45. The van der Waals surface area contributed by atoms with Crippen LogP contribution in [-0.2, 0) is 15.5 Å². The zero-order valence-corrected chi connectivity index (χ0v) is 12.2. The van der Waals surface area contributed by atoms with E-state index >= 15 is 0 Å². The first-order valence-corrected chi connectivity index (χ1v) is 7.27. The van der Waals surface area contributed by atoms with Gasteiger partial charge in [0.1, 0.15) is 11.5 Å². The fourth-order valence-electron chi connectivity index (χ4n) is 1.92. The molecule has 9 heteroatoms. The Kier molecular flexibility index (Phi) is 3.41. The van der Waals surface area contributed by atoms with Crippen molar-refractivity contribution in [3.05, 3.63) is 23.3 Å². The molecule has 1 aliphatic rings. The van der Waals surface area contributed by atoms with Crippen LogP contribution in [-0.4, -0.2) is 25.3 Å². The van der Waals surface area contributed by atoms with Gasteiger partial charge in [0.25, 0.3) is 0 Å². The fraction of sp³-hybridized carbons (Fsp3) is 0.500. The maximum atomic E-state index is 12.4. The Morgan fingerprint density at radius 1 is 1.33 bits per heavy atom. The van der Waals surface area contributed by atoms with Gasteiger partial charge in [-0.15, -0.1) is 0 Å². The Hall–Kier alpha value is -1.48. The summed E-state index contributed by atoms with van der Waals surface area (Å²) in [7, 11) is -5.74. The molecule has 1 heterocycles. The highest BCUT2D eigenvalue weighted by molar-refractivity contribution is 7.88. The van der Waals surface area contributed by atoms with E-state index in [1.54, 1.807) is 13.8 Å². The molecule has 0 fully saturated rings. The number of hydrogen-bond donors (Lipinski definition) is 1. The van der Waals surface area contributed by atoms with Gasteiger partial charge in [-0.25, -0.2) is 0 Å². The lowest BCUT2D eigenvalue weighted by molar-refractivity contribution is -0.0500. The van der Waals surface area contributed by atoms with Crippen molar-refractivity contribution >= 4 is 10.1 Å². The zero-order valence-electron chi connectivity index (χ0n) is 11.4. The summed E-state index contributed by atoms with van der Waals surface area (Å²) in [5.41, 5.74) is -5.90. The second-order valence-corrected chi connectivity index (χ2v) is 6.83. The summed E-state index contributed by atoms with van der Waals surface area (Å²) in [5.74, 6) is -0.168. The molecule has 0 aliphatic carbocycles. The average molecular weight is 326 g/mol. The van der Waals surface area contributed by atoms with Crippen molar-refractivity contribution in [2.75, 3.05) is 0 Å². The van der Waals surface area contributed by atoms with Gasteiger partial charge in [-0.05, 0) is 38.5 Å². The third-order valence-corrected chi connectivity index (χ3v) is 4.28. The molecule has 0 saturated heterocycles. The lowest BCUT2D eigenvalue weighted by atomic mass is 9.85. The molecule has 1 aliphatic heterocycles. The van der Waals surface area contributed by atoms with Gasteiger partial charge in [-0.2, -0.15) is 21.6 Å². The van der Waals surface area contributed by atoms with Gasteiger partial charge in [-0.3, -0.25) is 0 Å². The number of benzene rings is 1. The van der Waals surface area contributed by atoms with Crippen LogP contribution >= 0.6 is 0 Å². The van der Waals surface area contributed by atoms with Crippen LogP contribution in [0.5, 0.6) is 11.5 Å². The lowest BCUT2D eigenvalue weighted by Crippen LogP contribution is -2.31. The maximum Gasteiger partial charge on any atom is 0.534 e. The molecule has 21 heavy (non-hydrogen) atoms. The van der Waals surface area contributed by atoms with E-state index in [0.29, 0.717) is 5.56 Å². The second kappa shape index (κ2) is 4.51. The van der Waals surface area contributed by atoms with Crippen LogP contribution in [0.25, 0.3) is 0 Å². The van der Waals surface area contributed by atoms with Crippen LogP contribution in [0, 0.1) is 6.92 Å². The van der Waals surface area contributed by atoms with Crippen LogP contribution in [0.15, 0.2) is 12.1 Å². The van der Waals surface area contributed by atoms with Gasteiger partial charge >= 0.3 is 15.6 Å². The smallest absolute Gasteiger partial charge is 0.464 e. The predicted octanol–water partition coefficient (Wildman–Crippen LogP) is 2.21. The van der Waals surface area contributed by atoms with Gasteiger partial charge < -0.3 is 14.0 Å². The Labute approximate surface area is 119 Å². The third-order valence-electron chi connectivity index (χ3n) is 3.31. The Morgan fingerprint density at radius 2 is 1.90 bits per heavy atom. The summed E-state index contributed by atoms with van der Waals surface area (Å²) in [6, 6.07) is 2.47. The first-order valence-electron chi connectivity index (χ1n) is 5.87. The Morgan fingerprint density at radius 3 is 2.43 bits per heavy atom. The molecule has 0 saturated carbocycles. The maximum absolute atomic E-state index is 12.4. The van der Waals surface area contributed by atoms with E-state index in [0.717, 1.165) is 6.07 Å². The molecule has 1 aromatic rings. The molecule has 1 N–H and O–H groups in total. The molecule has 0 aromatic heterocycles. The fourth-order valence-corrected chi connectivity index (χ4v) is 2.43. The second-order valence-electron chi connectivity index (χ2n) is 5.29. The summed E-state index contributed by atoms with van der Waals surface area (Å²) in [4.78, 5) is 0. The quantitative estimate of drug-likeness (QED) is 0.666. The predicted molar refractivity (Wildman–Crippen MR) is 66.4 cm³/mol. The molecule has 2 rings (SSSR count). The minimum Gasteiger partial charge on any atom is -0.464 e. The minimum absolute atomic E-state index is 0.145. The standard InChI is InChI=1S/C12H13F3O5S/c1-6-4-9-7(11(2,3)10(16)19-9)5-8(6)20-21(17,18)12(13,14)15/h4-5,10,16H,1-3H3. The molecular weight excluding hydrogens is 313 g/mol. The van der Waals surface area contributed by atoms with Crippen LogP contribution in [0.4, 0.5) is 13.2 Å². The third kappa shape index (κ3) is 2.55. The monoisotopic (exact) mass is 326 g/mol. The highest BCUT2D eigenvalue weighted by Gasteiger charge is 2.49. The van der Waals surface area contributed by atoms with E-state index in [1.807, 2.05) is 0 Å². The highest BCUT2D eigenvalue weighted by atomic mass is 32.2. The molecule has 118 valence electrons. The van der Waals surface area contributed by atoms with Crippen LogP contribution in [0.3, 0.4) is 0 Å². The van der Waals surface area contributed by atoms with Crippen LogP contribution < -0.4 is 8.92 Å². The number of aliphatic hydroxyl groups is 1. The molecule has 1 aromatic carbocycles. The van der Waals surface area contributed by atoms with E-state index in [2.05, 4.69) is 4.18 Å². The van der Waals surface area contributed by atoms with E-state index in [-0.39, 0.29) is 11.3 Å². The Bertz CT molecular complexity index is 679. The molecule has 5 nitrogen and oxygen atoms in total.